The van der Waals surface area contributed by atoms with Crippen molar-refractivity contribution in [1.82, 2.24) is 25.5 Å². The molecule has 0 unspecified atom stereocenters. The molecule has 1 heterocycles. The van der Waals surface area contributed by atoms with E-state index < -0.39 is 11.7 Å². The number of alkyl halides is 3. The van der Waals surface area contributed by atoms with Crippen molar-refractivity contribution in [3.63, 3.8) is 0 Å². The van der Waals surface area contributed by atoms with Gasteiger partial charge in [-0.3, -0.25) is 4.79 Å². The Kier molecular flexibility index (Phi) is 12.9. The number of amides is 1. The van der Waals surface area contributed by atoms with Gasteiger partial charge in [0.25, 0.3) is 5.91 Å². The Bertz CT molecular complexity index is 1190. The smallest absolute Gasteiger partial charge is 0.416 e. The number of benzene rings is 2. The van der Waals surface area contributed by atoms with Gasteiger partial charge in [-0.25, -0.2) is 4.68 Å². The summed E-state index contributed by atoms with van der Waals surface area (Å²) in [6.45, 7) is 3.26. The maximum absolute atomic E-state index is 13.4. The largest absolute Gasteiger partial charge is 0.490 e. The van der Waals surface area contributed by atoms with Crippen LogP contribution in [0, 0.1) is 0 Å². The van der Waals surface area contributed by atoms with Gasteiger partial charge in [-0.1, -0.05) is 76.8 Å². The molecule has 0 aliphatic carbocycles. The van der Waals surface area contributed by atoms with Gasteiger partial charge in [0.2, 0.25) is 0 Å². The average Bonchev–Trinajstić information content (AvgIpc) is 3.45. The molecule has 0 saturated carbocycles. The number of carbonyl (C=O) groups is 1. The van der Waals surface area contributed by atoms with Gasteiger partial charge in [0.05, 0.1) is 16.6 Å². The second-order valence-corrected chi connectivity index (χ2v) is 10.6. The SMILES string of the molecule is CCCCCCCCCCCCNC(=O)c1cc(Br)c(OCCn2cnnn2)c(-c2cccc(C(F)(F)F)c2)c1. The van der Waals surface area contributed by atoms with Crippen LogP contribution >= 0.6 is 15.9 Å². The van der Waals surface area contributed by atoms with Crippen LogP contribution in [0.25, 0.3) is 11.1 Å². The summed E-state index contributed by atoms with van der Waals surface area (Å²) in [7, 11) is 0. The number of hydrogen-bond donors (Lipinski definition) is 1. The molecule has 40 heavy (non-hydrogen) atoms. The lowest BCUT2D eigenvalue weighted by atomic mass is 9.99. The summed E-state index contributed by atoms with van der Waals surface area (Å²) in [5.41, 5.74) is 0.217. The fraction of sp³-hybridized carbons (Fsp3) is 0.517. The summed E-state index contributed by atoms with van der Waals surface area (Å²) in [6.07, 6.45) is 8.97. The number of rotatable bonds is 17. The van der Waals surface area contributed by atoms with E-state index in [-0.39, 0.29) is 18.1 Å². The molecule has 2 aromatic carbocycles. The topological polar surface area (TPSA) is 81.9 Å². The van der Waals surface area contributed by atoms with Crippen LogP contribution in [0.1, 0.15) is 87.1 Å². The summed E-state index contributed by atoms with van der Waals surface area (Å²) in [5, 5.41) is 13.9. The highest BCUT2D eigenvalue weighted by Gasteiger charge is 2.31. The molecule has 3 aromatic rings. The molecule has 218 valence electrons. The first-order valence-corrected chi connectivity index (χ1v) is 14.7. The third-order valence-electron chi connectivity index (χ3n) is 6.58. The van der Waals surface area contributed by atoms with Crippen molar-refractivity contribution in [2.75, 3.05) is 13.2 Å². The molecule has 0 aliphatic rings. The quantitative estimate of drug-likeness (QED) is 0.155. The normalized spacial score (nSPS) is 11.5. The summed E-state index contributed by atoms with van der Waals surface area (Å²) in [5.74, 6) is 0.0451. The Morgan fingerprint density at radius 1 is 1.00 bits per heavy atom. The molecule has 1 aromatic heterocycles. The van der Waals surface area contributed by atoms with E-state index in [1.165, 1.54) is 62.0 Å². The maximum atomic E-state index is 13.4. The third kappa shape index (κ3) is 10.2. The molecule has 0 aliphatic heterocycles. The van der Waals surface area contributed by atoms with Crippen LogP contribution in [0.15, 0.2) is 47.2 Å². The van der Waals surface area contributed by atoms with E-state index in [1.54, 1.807) is 18.2 Å². The van der Waals surface area contributed by atoms with E-state index in [0.29, 0.717) is 34.4 Å². The van der Waals surface area contributed by atoms with Gasteiger partial charge < -0.3 is 10.1 Å². The van der Waals surface area contributed by atoms with Crippen LogP contribution < -0.4 is 10.1 Å². The van der Waals surface area contributed by atoms with Crippen molar-refractivity contribution >= 4 is 21.8 Å². The number of carbonyl (C=O) groups excluding carboxylic acids is 1. The highest BCUT2D eigenvalue weighted by Crippen LogP contribution is 2.40. The fourth-order valence-electron chi connectivity index (χ4n) is 4.39. The minimum absolute atomic E-state index is 0.167. The van der Waals surface area contributed by atoms with Crippen molar-refractivity contribution in [3.05, 3.63) is 58.3 Å². The average molecular weight is 625 g/mol. The molecule has 0 bridgehead atoms. The van der Waals surface area contributed by atoms with E-state index in [9.17, 15) is 18.0 Å². The summed E-state index contributed by atoms with van der Waals surface area (Å²) >= 11 is 3.46. The second kappa shape index (κ2) is 16.3. The van der Waals surface area contributed by atoms with Gasteiger partial charge in [-0.2, -0.15) is 13.2 Å². The molecular formula is C29H37BrF3N5O2. The number of tetrazole rings is 1. The summed E-state index contributed by atoms with van der Waals surface area (Å²) in [6, 6.07) is 8.17. The molecule has 0 saturated heterocycles. The molecule has 0 radical (unpaired) electrons. The number of halogens is 4. The maximum Gasteiger partial charge on any atom is 0.416 e. The second-order valence-electron chi connectivity index (χ2n) is 9.77. The van der Waals surface area contributed by atoms with E-state index in [0.717, 1.165) is 31.4 Å². The minimum atomic E-state index is -4.50. The molecule has 0 fully saturated rings. The van der Waals surface area contributed by atoms with Gasteiger partial charge in [0, 0.05) is 17.7 Å². The predicted octanol–water partition coefficient (Wildman–Crippen LogP) is 7.85. The van der Waals surface area contributed by atoms with Crippen molar-refractivity contribution in [2.45, 2.75) is 83.9 Å². The van der Waals surface area contributed by atoms with Crippen molar-refractivity contribution in [1.29, 1.82) is 0 Å². The van der Waals surface area contributed by atoms with E-state index in [1.807, 2.05) is 0 Å². The number of aromatic nitrogens is 4. The lowest BCUT2D eigenvalue weighted by molar-refractivity contribution is -0.137. The molecule has 0 atom stereocenters. The van der Waals surface area contributed by atoms with Gasteiger partial charge in [0.1, 0.15) is 18.7 Å². The molecule has 0 spiro atoms. The monoisotopic (exact) mass is 623 g/mol. The van der Waals surface area contributed by atoms with Crippen LogP contribution in [0.5, 0.6) is 5.75 Å². The van der Waals surface area contributed by atoms with Crippen molar-refractivity contribution < 1.29 is 22.7 Å². The van der Waals surface area contributed by atoms with Crippen molar-refractivity contribution in [3.8, 4) is 16.9 Å². The molecular weight excluding hydrogens is 587 g/mol. The van der Waals surface area contributed by atoms with Crippen LogP contribution in [0.2, 0.25) is 0 Å². The number of nitrogens with one attached hydrogen (secondary N) is 1. The molecule has 1 N–H and O–H groups in total. The van der Waals surface area contributed by atoms with Crippen LogP contribution in [-0.2, 0) is 12.7 Å². The number of unbranched alkanes of at least 4 members (excludes halogenated alkanes) is 9. The number of nitrogens with zero attached hydrogens (tertiary/aromatic N) is 4. The lowest BCUT2D eigenvalue weighted by Crippen LogP contribution is -2.24. The Morgan fingerprint density at radius 2 is 1.70 bits per heavy atom. The fourth-order valence-corrected chi connectivity index (χ4v) is 4.96. The Balaban J connectivity index is 1.63. The Labute approximate surface area is 242 Å². The lowest BCUT2D eigenvalue weighted by Gasteiger charge is -2.17. The Hall–Kier alpha value is -2.95. The summed E-state index contributed by atoms with van der Waals surface area (Å²) in [4.78, 5) is 13.0. The molecule has 11 heteroatoms. The third-order valence-corrected chi connectivity index (χ3v) is 7.17. The van der Waals surface area contributed by atoms with Crippen LogP contribution in [0.3, 0.4) is 0 Å². The first-order chi connectivity index (χ1) is 19.3. The van der Waals surface area contributed by atoms with Gasteiger partial charge in [-0.05, 0) is 62.6 Å². The molecule has 3 rings (SSSR count). The molecule has 7 nitrogen and oxygen atoms in total. The zero-order valence-electron chi connectivity index (χ0n) is 22.9. The first-order valence-electron chi connectivity index (χ1n) is 13.9. The van der Waals surface area contributed by atoms with Gasteiger partial charge in [-0.15, -0.1) is 5.10 Å². The minimum Gasteiger partial charge on any atom is -0.490 e. The highest BCUT2D eigenvalue weighted by atomic mass is 79.9. The van der Waals surface area contributed by atoms with Crippen LogP contribution in [0.4, 0.5) is 13.2 Å². The summed E-state index contributed by atoms with van der Waals surface area (Å²) < 4.78 is 48.2. The molecule has 1 amide bonds. The van der Waals surface area contributed by atoms with Gasteiger partial charge >= 0.3 is 6.18 Å². The van der Waals surface area contributed by atoms with E-state index >= 15 is 0 Å². The van der Waals surface area contributed by atoms with Gasteiger partial charge in [0.15, 0.2) is 0 Å². The zero-order chi connectivity index (χ0) is 28.8. The van der Waals surface area contributed by atoms with Crippen LogP contribution in [-0.4, -0.2) is 39.3 Å². The predicted molar refractivity (Wildman–Crippen MR) is 152 cm³/mol. The standard InChI is InChI=1S/C29H37BrF3N5O2/c1-2-3-4-5-6-7-8-9-10-11-15-34-28(39)23-19-25(22-13-12-14-24(18-22)29(31,32)33)27(26(30)20-23)40-17-16-38-21-35-36-37-38/h12-14,18-21H,2-11,15-17H2,1H3,(H,34,39). The number of ether oxygens (including phenoxy) is 1. The first kappa shape index (κ1) is 31.6. The number of hydrogen-bond acceptors (Lipinski definition) is 5. The zero-order valence-corrected chi connectivity index (χ0v) is 24.4. The van der Waals surface area contributed by atoms with E-state index in [4.69, 9.17) is 4.74 Å². The Morgan fingerprint density at radius 3 is 2.35 bits per heavy atom. The highest BCUT2D eigenvalue weighted by molar-refractivity contribution is 9.10. The van der Waals surface area contributed by atoms with Crippen molar-refractivity contribution in [2.24, 2.45) is 0 Å². The van der Waals surface area contributed by atoms with E-state index in [2.05, 4.69) is 43.7 Å².